The Morgan fingerprint density at radius 3 is 2.56 bits per heavy atom. The monoisotopic (exact) mass is 248 g/mol. The van der Waals surface area contributed by atoms with Crippen molar-refractivity contribution < 1.29 is 14.4 Å². The quantitative estimate of drug-likeness (QED) is 0.507. The van der Waals surface area contributed by atoms with Crippen molar-refractivity contribution in [1.82, 2.24) is 10.2 Å². The third-order valence-electron chi connectivity index (χ3n) is 2.43. The highest BCUT2D eigenvalue weighted by Gasteiger charge is 2.29. The number of nitrogens with two attached hydrogens (primary N) is 1. The molecule has 0 atom stereocenters. The Kier molecular flexibility index (Phi) is 3.13. The van der Waals surface area contributed by atoms with E-state index in [0.29, 0.717) is 11.4 Å². The summed E-state index contributed by atoms with van der Waals surface area (Å²) >= 11 is 0. The van der Waals surface area contributed by atoms with Crippen LogP contribution in [0.2, 0.25) is 0 Å². The van der Waals surface area contributed by atoms with Crippen molar-refractivity contribution in [3.63, 3.8) is 0 Å². The van der Waals surface area contributed by atoms with E-state index in [-0.39, 0.29) is 13.1 Å². The van der Waals surface area contributed by atoms with Crippen molar-refractivity contribution in [2.45, 2.75) is 0 Å². The Morgan fingerprint density at radius 2 is 2.00 bits per heavy atom. The molecule has 0 spiro atoms. The standard InChI is InChI=1S/C11H12N4O3/c12-7-1-3-8(4-2-7)14-9(16)6-15-10(17)5-13-11(15)18/h1-4H,5-6,12H2,(H,13,18)(H,14,16). The Bertz CT molecular complexity index is 482. The molecule has 2 rings (SSSR count). The molecule has 94 valence electrons. The summed E-state index contributed by atoms with van der Waals surface area (Å²) in [6, 6.07) is 6.01. The summed E-state index contributed by atoms with van der Waals surface area (Å²) < 4.78 is 0. The molecule has 0 unspecified atom stereocenters. The van der Waals surface area contributed by atoms with Crippen LogP contribution in [0.15, 0.2) is 24.3 Å². The fourth-order valence-corrected chi connectivity index (χ4v) is 1.53. The highest BCUT2D eigenvalue weighted by Crippen LogP contribution is 2.10. The minimum Gasteiger partial charge on any atom is -0.399 e. The molecule has 1 fully saturated rings. The smallest absolute Gasteiger partial charge is 0.325 e. The van der Waals surface area contributed by atoms with E-state index in [1.54, 1.807) is 24.3 Å². The number of nitrogens with one attached hydrogen (secondary N) is 2. The summed E-state index contributed by atoms with van der Waals surface area (Å²) in [6.07, 6.45) is 0. The van der Waals surface area contributed by atoms with E-state index in [4.69, 9.17) is 5.73 Å². The van der Waals surface area contributed by atoms with Crippen LogP contribution in [0.4, 0.5) is 16.2 Å². The van der Waals surface area contributed by atoms with Gasteiger partial charge in [-0.25, -0.2) is 4.79 Å². The second-order valence-electron chi connectivity index (χ2n) is 3.81. The Morgan fingerprint density at radius 1 is 1.33 bits per heavy atom. The number of carbonyl (C=O) groups excluding carboxylic acids is 3. The average Bonchev–Trinajstić information content (AvgIpc) is 2.64. The summed E-state index contributed by atoms with van der Waals surface area (Å²) in [6.45, 7) is -0.358. The molecule has 0 bridgehead atoms. The summed E-state index contributed by atoms with van der Waals surface area (Å²) in [5, 5.41) is 4.91. The van der Waals surface area contributed by atoms with Crippen molar-refractivity contribution in [2.75, 3.05) is 24.1 Å². The maximum atomic E-state index is 11.6. The first-order chi connectivity index (χ1) is 8.56. The van der Waals surface area contributed by atoms with Gasteiger partial charge in [0.05, 0.1) is 6.54 Å². The van der Waals surface area contributed by atoms with E-state index in [9.17, 15) is 14.4 Å². The van der Waals surface area contributed by atoms with Gasteiger partial charge >= 0.3 is 6.03 Å². The van der Waals surface area contributed by atoms with Crippen LogP contribution in [0.25, 0.3) is 0 Å². The number of benzene rings is 1. The first kappa shape index (κ1) is 11.9. The lowest BCUT2D eigenvalue weighted by Gasteiger charge is -2.12. The van der Waals surface area contributed by atoms with Crippen molar-refractivity contribution in [3.8, 4) is 0 Å². The Balaban J connectivity index is 1.94. The first-order valence-corrected chi connectivity index (χ1v) is 5.30. The number of anilines is 2. The fourth-order valence-electron chi connectivity index (χ4n) is 1.53. The first-order valence-electron chi connectivity index (χ1n) is 5.30. The second kappa shape index (κ2) is 4.74. The molecule has 0 aliphatic carbocycles. The van der Waals surface area contributed by atoms with E-state index in [0.717, 1.165) is 4.90 Å². The Labute approximate surface area is 103 Å². The zero-order chi connectivity index (χ0) is 13.1. The fraction of sp³-hybridized carbons (Fsp3) is 0.182. The highest BCUT2D eigenvalue weighted by molar-refractivity contribution is 6.06. The van der Waals surface area contributed by atoms with Gasteiger partial charge < -0.3 is 16.4 Å². The van der Waals surface area contributed by atoms with Crippen LogP contribution in [0, 0.1) is 0 Å². The molecular formula is C11H12N4O3. The van der Waals surface area contributed by atoms with Gasteiger partial charge in [0.2, 0.25) is 5.91 Å². The van der Waals surface area contributed by atoms with Crippen molar-refractivity contribution >= 4 is 29.2 Å². The summed E-state index contributed by atoms with van der Waals surface area (Å²) in [5.74, 6) is -0.849. The molecule has 1 aliphatic rings. The number of hydrogen-bond donors (Lipinski definition) is 3. The van der Waals surface area contributed by atoms with Crippen LogP contribution < -0.4 is 16.4 Å². The highest BCUT2D eigenvalue weighted by atomic mass is 16.2. The lowest BCUT2D eigenvalue weighted by Crippen LogP contribution is -2.38. The van der Waals surface area contributed by atoms with Gasteiger partial charge in [-0.1, -0.05) is 0 Å². The molecule has 7 nitrogen and oxygen atoms in total. The number of carbonyl (C=O) groups is 3. The third kappa shape index (κ3) is 2.57. The molecule has 1 heterocycles. The number of amides is 4. The number of urea groups is 1. The summed E-state index contributed by atoms with van der Waals surface area (Å²) in [4.78, 5) is 35.0. The molecule has 1 aliphatic heterocycles. The van der Waals surface area contributed by atoms with Crippen LogP contribution in [-0.4, -0.2) is 35.8 Å². The molecule has 1 aromatic carbocycles. The topological polar surface area (TPSA) is 105 Å². The van der Waals surface area contributed by atoms with Crippen molar-refractivity contribution in [3.05, 3.63) is 24.3 Å². The van der Waals surface area contributed by atoms with Crippen molar-refractivity contribution in [1.29, 1.82) is 0 Å². The van der Waals surface area contributed by atoms with Crippen LogP contribution in [-0.2, 0) is 9.59 Å². The normalized spacial score (nSPS) is 14.6. The van der Waals surface area contributed by atoms with Gasteiger partial charge in [0, 0.05) is 11.4 Å². The third-order valence-corrected chi connectivity index (χ3v) is 2.43. The largest absolute Gasteiger partial charge is 0.399 e. The predicted octanol–water partition coefficient (Wildman–Crippen LogP) is -0.241. The van der Waals surface area contributed by atoms with E-state index >= 15 is 0 Å². The van der Waals surface area contributed by atoms with Gasteiger partial charge in [-0.15, -0.1) is 0 Å². The van der Waals surface area contributed by atoms with E-state index in [1.807, 2.05) is 0 Å². The lowest BCUT2D eigenvalue weighted by atomic mass is 10.3. The molecule has 0 aromatic heterocycles. The van der Waals surface area contributed by atoms with E-state index < -0.39 is 17.8 Å². The number of nitrogen functional groups attached to an aromatic ring is 1. The van der Waals surface area contributed by atoms with Gasteiger partial charge in [0.25, 0.3) is 5.91 Å². The van der Waals surface area contributed by atoms with E-state index in [2.05, 4.69) is 10.6 Å². The van der Waals surface area contributed by atoms with Crippen molar-refractivity contribution in [2.24, 2.45) is 0 Å². The molecule has 4 amide bonds. The Hall–Kier alpha value is -2.57. The number of imide groups is 1. The SMILES string of the molecule is Nc1ccc(NC(=O)CN2C(=O)CNC2=O)cc1. The maximum absolute atomic E-state index is 11.6. The molecule has 1 saturated heterocycles. The maximum Gasteiger partial charge on any atom is 0.325 e. The van der Waals surface area contributed by atoms with Gasteiger partial charge in [0.1, 0.15) is 6.54 Å². The zero-order valence-electron chi connectivity index (χ0n) is 9.47. The van der Waals surface area contributed by atoms with Gasteiger partial charge in [0.15, 0.2) is 0 Å². The van der Waals surface area contributed by atoms with Crippen LogP contribution in [0.5, 0.6) is 0 Å². The lowest BCUT2D eigenvalue weighted by molar-refractivity contribution is -0.128. The van der Waals surface area contributed by atoms with Gasteiger partial charge in [-0.3, -0.25) is 14.5 Å². The molecule has 4 N–H and O–H groups in total. The summed E-state index contributed by atoms with van der Waals surface area (Å²) in [7, 11) is 0. The van der Waals surface area contributed by atoms with Crippen LogP contribution in [0.3, 0.4) is 0 Å². The molecular weight excluding hydrogens is 236 g/mol. The number of nitrogens with zero attached hydrogens (tertiary/aromatic N) is 1. The number of hydrogen-bond acceptors (Lipinski definition) is 4. The minimum absolute atomic E-state index is 0.0615. The van der Waals surface area contributed by atoms with Crippen LogP contribution >= 0.6 is 0 Å². The molecule has 18 heavy (non-hydrogen) atoms. The number of rotatable bonds is 3. The molecule has 7 heteroatoms. The zero-order valence-corrected chi connectivity index (χ0v) is 9.47. The molecule has 1 aromatic rings. The minimum atomic E-state index is -0.549. The van der Waals surface area contributed by atoms with Crippen LogP contribution in [0.1, 0.15) is 0 Å². The molecule has 0 saturated carbocycles. The summed E-state index contributed by atoms with van der Waals surface area (Å²) in [5.41, 5.74) is 6.65. The van der Waals surface area contributed by atoms with Gasteiger partial charge in [-0.2, -0.15) is 0 Å². The molecule has 0 radical (unpaired) electrons. The average molecular weight is 248 g/mol. The van der Waals surface area contributed by atoms with Gasteiger partial charge in [-0.05, 0) is 24.3 Å². The second-order valence-corrected chi connectivity index (χ2v) is 3.81. The predicted molar refractivity (Wildman–Crippen MR) is 64.6 cm³/mol. The van der Waals surface area contributed by atoms with E-state index in [1.165, 1.54) is 0 Å².